The van der Waals surface area contributed by atoms with E-state index < -0.39 is 29.7 Å². The standard InChI is InChI=1S/C16H20F3NO4/c1-9-6-7-12(16(17,18)19)10(2)14(9)20(13(21)8-23-4)11(3)15(22)24-5/h6-7,11H,8H2,1-5H3/t11-/m1/s1. The van der Waals surface area contributed by atoms with Gasteiger partial charge in [-0.15, -0.1) is 0 Å². The summed E-state index contributed by atoms with van der Waals surface area (Å²) in [5.41, 5.74) is -0.538. The van der Waals surface area contributed by atoms with Crippen LogP contribution in [0.5, 0.6) is 0 Å². The Kier molecular flexibility index (Phi) is 6.36. The average molecular weight is 347 g/mol. The predicted octanol–water partition coefficient (Wildman–Crippen LogP) is 2.86. The Bertz CT molecular complexity index is 628. The van der Waals surface area contributed by atoms with Crippen LogP contribution in [0.3, 0.4) is 0 Å². The molecule has 1 rings (SSSR count). The lowest BCUT2D eigenvalue weighted by molar-refractivity contribution is -0.143. The number of methoxy groups -OCH3 is 2. The summed E-state index contributed by atoms with van der Waals surface area (Å²) in [6.45, 7) is 3.84. The number of amides is 1. The van der Waals surface area contributed by atoms with Crippen molar-refractivity contribution in [3.8, 4) is 0 Å². The summed E-state index contributed by atoms with van der Waals surface area (Å²) in [6, 6.07) is 1.12. The van der Waals surface area contributed by atoms with Gasteiger partial charge >= 0.3 is 12.1 Å². The molecule has 5 nitrogen and oxygen atoms in total. The van der Waals surface area contributed by atoms with Crippen molar-refractivity contribution in [1.82, 2.24) is 0 Å². The number of hydrogen-bond donors (Lipinski definition) is 0. The van der Waals surface area contributed by atoms with Gasteiger partial charge in [0, 0.05) is 7.11 Å². The van der Waals surface area contributed by atoms with Crippen molar-refractivity contribution in [1.29, 1.82) is 0 Å². The quantitative estimate of drug-likeness (QED) is 0.769. The van der Waals surface area contributed by atoms with E-state index >= 15 is 0 Å². The molecular weight excluding hydrogens is 327 g/mol. The van der Waals surface area contributed by atoms with Crippen LogP contribution >= 0.6 is 0 Å². The van der Waals surface area contributed by atoms with Crippen LogP contribution in [0.2, 0.25) is 0 Å². The van der Waals surface area contributed by atoms with Crippen LogP contribution in [0.4, 0.5) is 18.9 Å². The van der Waals surface area contributed by atoms with E-state index in [-0.39, 0.29) is 17.9 Å². The topological polar surface area (TPSA) is 55.8 Å². The van der Waals surface area contributed by atoms with Crippen LogP contribution in [0.25, 0.3) is 0 Å². The number of anilines is 1. The lowest BCUT2D eigenvalue weighted by atomic mass is 10.00. The van der Waals surface area contributed by atoms with Gasteiger partial charge in [0.05, 0.1) is 18.4 Å². The molecule has 0 bridgehead atoms. The summed E-state index contributed by atoms with van der Waals surface area (Å²) in [4.78, 5) is 25.2. The lowest BCUT2D eigenvalue weighted by Crippen LogP contribution is -2.46. The van der Waals surface area contributed by atoms with E-state index in [2.05, 4.69) is 4.74 Å². The van der Waals surface area contributed by atoms with Gasteiger partial charge in [0.1, 0.15) is 12.6 Å². The first-order valence-corrected chi connectivity index (χ1v) is 7.12. The molecule has 1 aromatic rings. The van der Waals surface area contributed by atoms with Crippen molar-refractivity contribution >= 4 is 17.6 Å². The van der Waals surface area contributed by atoms with Gasteiger partial charge < -0.3 is 9.47 Å². The van der Waals surface area contributed by atoms with Gasteiger partial charge in [-0.3, -0.25) is 9.69 Å². The number of halogens is 3. The number of aryl methyl sites for hydroxylation is 1. The number of hydrogen-bond acceptors (Lipinski definition) is 4. The zero-order valence-corrected chi connectivity index (χ0v) is 14.2. The van der Waals surface area contributed by atoms with Crippen molar-refractivity contribution in [2.24, 2.45) is 0 Å². The molecule has 0 aromatic heterocycles. The predicted molar refractivity (Wildman–Crippen MR) is 81.8 cm³/mol. The fourth-order valence-corrected chi connectivity index (χ4v) is 2.52. The van der Waals surface area contributed by atoms with Gasteiger partial charge in [0.25, 0.3) is 5.91 Å². The van der Waals surface area contributed by atoms with Crippen LogP contribution in [0.15, 0.2) is 12.1 Å². The van der Waals surface area contributed by atoms with Crippen LogP contribution in [-0.4, -0.2) is 38.7 Å². The molecule has 1 aromatic carbocycles. The fourth-order valence-electron chi connectivity index (χ4n) is 2.52. The van der Waals surface area contributed by atoms with Crippen molar-refractivity contribution in [3.63, 3.8) is 0 Å². The Balaban J connectivity index is 3.58. The molecule has 0 saturated heterocycles. The van der Waals surface area contributed by atoms with Crippen molar-refractivity contribution in [2.75, 3.05) is 25.7 Å². The molecule has 8 heteroatoms. The SMILES string of the molecule is COCC(=O)N(c1c(C)ccc(C(F)(F)F)c1C)[C@H](C)C(=O)OC. The third-order valence-electron chi connectivity index (χ3n) is 3.65. The number of esters is 1. The zero-order valence-electron chi connectivity index (χ0n) is 14.2. The van der Waals surface area contributed by atoms with Crippen LogP contribution in [-0.2, 0) is 25.2 Å². The number of carbonyl (C=O) groups is 2. The Morgan fingerprint density at radius 3 is 2.25 bits per heavy atom. The van der Waals surface area contributed by atoms with Gasteiger partial charge in [0.15, 0.2) is 0 Å². The highest BCUT2D eigenvalue weighted by atomic mass is 19.4. The molecule has 0 aliphatic carbocycles. The minimum Gasteiger partial charge on any atom is -0.467 e. The van der Waals surface area contributed by atoms with Gasteiger partial charge in [-0.2, -0.15) is 13.2 Å². The lowest BCUT2D eigenvalue weighted by Gasteiger charge is -2.31. The highest BCUT2D eigenvalue weighted by Gasteiger charge is 2.37. The highest BCUT2D eigenvalue weighted by Crippen LogP contribution is 2.38. The molecule has 0 radical (unpaired) electrons. The summed E-state index contributed by atoms with van der Waals surface area (Å²) >= 11 is 0. The number of alkyl halides is 3. The maximum absolute atomic E-state index is 13.2. The normalized spacial score (nSPS) is 12.7. The maximum Gasteiger partial charge on any atom is 0.416 e. The molecule has 0 aliphatic heterocycles. The number of rotatable bonds is 5. The summed E-state index contributed by atoms with van der Waals surface area (Å²) in [7, 11) is 2.43. The van der Waals surface area contributed by atoms with E-state index in [0.717, 1.165) is 18.1 Å². The minimum atomic E-state index is -4.57. The Hall–Kier alpha value is -2.09. The van der Waals surface area contributed by atoms with Gasteiger partial charge in [-0.1, -0.05) is 6.07 Å². The molecular formula is C16H20F3NO4. The van der Waals surface area contributed by atoms with E-state index in [1.165, 1.54) is 27.0 Å². The number of carbonyl (C=O) groups excluding carboxylic acids is 2. The first-order chi connectivity index (χ1) is 11.1. The summed E-state index contributed by atoms with van der Waals surface area (Å²) in [5, 5.41) is 0. The smallest absolute Gasteiger partial charge is 0.416 e. The third-order valence-corrected chi connectivity index (χ3v) is 3.65. The Labute approximate surface area is 138 Å². The van der Waals surface area contributed by atoms with Crippen LogP contribution in [0.1, 0.15) is 23.6 Å². The van der Waals surface area contributed by atoms with Crippen molar-refractivity contribution < 1.29 is 32.2 Å². The second-order valence-corrected chi connectivity index (χ2v) is 5.30. The molecule has 0 spiro atoms. The fraction of sp³-hybridized carbons (Fsp3) is 0.500. The molecule has 0 heterocycles. The monoisotopic (exact) mass is 347 g/mol. The van der Waals surface area contributed by atoms with Crippen LogP contribution in [0, 0.1) is 13.8 Å². The molecule has 0 saturated carbocycles. The first-order valence-electron chi connectivity index (χ1n) is 7.12. The maximum atomic E-state index is 13.2. The second kappa shape index (κ2) is 7.65. The van der Waals surface area contributed by atoms with Gasteiger partial charge in [0.2, 0.25) is 0 Å². The molecule has 134 valence electrons. The van der Waals surface area contributed by atoms with E-state index in [9.17, 15) is 22.8 Å². The van der Waals surface area contributed by atoms with E-state index in [1.807, 2.05) is 0 Å². The number of benzene rings is 1. The summed E-state index contributed by atoms with van der Waals surface area (Å²) in [6.07, 6.45) is -4.57. The van der Waals surface area contributed by atoms with Crippen molar-refractivity contribution in [3.05, 3.63) is 28.8 Å². The van der Waals surface area contributed by atoms with E-state index in [0.29, 0.717) is 5.56 Å². The average Bonchev–Trinajstić information content (AvgIpc) is 2.48. The molecule has 1 atom stereocenters. The van der Waals surface area contributed by atoms with Crippen molar-refractivity contribution in [2.45, 2.75) is 33.0 Å². The molecule has 0 unspecified atom stereocenters. The molecule has 1 amide bonds. The summed E-state index contributed by atoms with van der Waals surface area (Å²) in [5.74, 6) is -1.38. The van der Waals surface area contributed by atoms with Gasteiger partial charge in [-0.05, 0) is 38.0 Å². The first kappa shape index (κ1) is 20.0. The zero-order chi connectivity index (χ0) is 18.7. The summed E-state index contributed by atoms with van der Waals surface area (Å²) < 4.78 is 48.9. The molecule has 0 N–H and O–H groups in total. The highest BCUT2D eigenvalue weighted by molar-refractivity contribution is 6.01. The molecule has 0 aliphatic rings. The molecule has 0 fully saturated rings. The molecule has 24 heavy (non-hydrogen) atoms. The van der Waals surface area contributed by atoms with E-state index in [4.69, 9.17) is 4.74 Å². The van der Waals surface area contributed by atoms with Crippen LogP contribution < -0.4 is 4.90 Å². The second-order valence-electron chi connectivity index (χ2n) is 5.30. The Morgan fingerprint density at radius 2 is 1.79 bits per heavy atom. The third kappa shape index (κ3) is 4.05. The Morgan fingerprint density at radius 1 is 1.21 bits per heavy atom. The number of nitrogens with zero attached hydrogens (tertiary/aromatic N) is 1. The van der Waals surface area contributed by atoms with E-state index in [1.54, 1.807) is 6.92 Å². The number of ether oxygens (including phenoxy) is 2. The largest absolute Gasteiger partial charge is 0.467 e. The minimum absolute atomic E-state index is 0.0322. The van der Waals surface area contributed by atoms with Gasteiger partial charge in [-0.25, -0.2) is 4.79 Å².